The highest BCUT2D eigenvalue weighted by Crippen LogP contribution is 2.22. The summed E-state index contributed by atoms with van der Waals surface area (Å²) in [6, 6.07) is 0. The van der Waals surface area contributed by atoms with Crippen LogP contribution in [0, 0.1) is 0 Å². The Kier molecular flexibility index (Phi) is 6.73. The molecule has 0 amide bonds. The summed E-state index contributed by atoms with van der Waals surface area (Å²) in [6.45, 7) is 7.13. The highest BCUT2D eigenvalue weighted by molar-refractivity contribution is 5.57. The van der Waals surface area contributed by atoms with Crippen LogP contribution >= 0.6 is 0 Å². The molecule has 118 valence electrons. The molecule has 1 aromatic rings. The van der Waals surface area contributed by atoms with E-state index in [0.717, 1.165) is 57.0 Å². The fraction of sp³-hybridized carbons (Fsp3) is 0.750. The quantitative estimate of drug-likeness (QED) is 0.732. The van der Waals surface area contributed by atoms with Gasteiger partial charge < -0.3 is 15.4 Å². The van der Waals surface area contributed by atoms with E-state index in [1.807, 2.05) is 0 Å². The summed E-state index contributed by atoms with van der Waals surface area (Å²) in [5.41, 5.74) is 1.21. The average molecular weight is 292 g/mol. The van der Waals surface area contributed by atoms with E-state index in [2.05, 4.69) is 34.4 Å². The maximum atomic E-state index is 5.66. The molecule has 1 aliphatic rings. The molecule has 1 aromatic heterocycles. The van der Waals surface area contributed by atoms with Gasteiger partial charge >= 0.3 is 0 Å². The summed E-state index contributed by atoms with van der Waals surface area (Å²) in [4.78, 5) is 8.82. The molecule has 1 fully saturated rings. The fourth-order valence-corrected chi connectivity index (χ4v) is 2.67. The van der Waals surface area contributed by atoms with Crippen molar-refractivity contribution >= 4 is 11.6 Å². The third-order valence-electron chi connectivity index (χ3n) is 3.77. The Morgan fingerprint density at radius 2 is 1.90 bits per heavy atom. The van der Waals surface area contributed by atoms with Crippen molar-refractivity contribution in [2.24, 2.45) is 0 Å². The molecule has 0 bridgehead atoms. The van der Waals surface area contributed by atoms with Crippen molar-refractivity contribution in [1.82, 2.24) is 9.97 Å². The van der Waals surface area contributed by atoms with Crippen LogP contribution in [0.1, 0.15) is 51.5 Å². The molecular formula is C16H28N4O. The van der Waals surface area contributed by atoms with Crippen LogP contribution in [0.15, 0.2) is 6.33 Å². The van der Waals surface area contributed by atoms with Gasteiger partial charge in [0.05, 0.1) is 6.10 Å². The number of rotatable bonds is 9. The van der Waals surface area contributed by atoms with Gasteiger partial charge in [0.25, 0.3) is 0 Å². The zero-order valence-corrected chi connectivity index (χ0v) is 13.3. The van der Waals surface area contributed by atoms with Gasteiger partial charge in [0, 0.05) is 25.3 Å². The van der Waals surface area contributed by atoms with Crippen LogP contribution in [-0.4, -0.2) is 35.8 Å². The summed E-state index contributed by atoms with van der Waals surface area (Å²) in [5, 5.41) is 6.87. The van der Waals surface area contributed by atoms with E-state index >= 15 is 0 Å². The SMILES string of the molecule is CCCNc1ncnc(NCCC2CCCO2)c1CCC. The molecule has 5 heteroatoms. The van der Waals surface area contributed by atoms with Gasteiger partial charge in [-0.15, -0.1) is 0 Å². The Morgan fingerprint density at radius 3 is 2.52 bits per heavy atom. The summed E-state index contributed by atoms with van der Waals surface area (Å²) < 4.78 is 5.66. The van der Waals surface area contributed by atoms with Crippen LogP contribution in [0.4, 0.5) is 11.6 Å². The highest BCUT2D eigenvalue weighted by atomic mass is 16.5. The van der Waals surface area contributed by atoms with Gasteiger partial charge in [0.2, 0.25) is 0 Å². The molecule has 21 heavy (non-hydrogen) atoms. The minimum Gasteiger partial charge on any atom is -0.378 e. The van der Waals surface area contributed by atoms with Crippen molar-refractivity contribution in [3.05, 3.63) is 11.9 Å². The van der Waals surface area contributed by atoms with Crippen molar-refractivity contribution in [2.45, 2.75) is 58.5 Å². The lowest BCUT2D eigenvalue weighted by atomic mass is 10.1. The molecule has 0 aliphatic carbocycles. The monoisotopic (exact) mass is 292 g/mol. The third kappa shape index (κ3) is 4.84. The molecule has 2 heterocycles. The van der Waals surface area contributed by atoms with Gasteiger partial charge in [0.15, 0.2) is 0 Å². The second-order valence-corrected chi connectivity index (χ2v) is 5.58. The third-order valence-corrected chi connectivity index (χ3v) is 3.77. The second-order valence-electron chi connectivity index (χ2n) is 5.58. The van der Waals surface area contributed by atoms with E-state index in [4.69, 9.17) is 4.74 Å². The molecule has 1 atom stereocenters. The van der Waals surface area contributed by atoms with Gasteiger partial charge in [-0.3, -0.25) is 0 Å². The summed E-state index contributed by atoms with van der Waals surface area (Å²) in [6.07, 6.45) is 8.69. The van der Waals surface area contributed by atoms with Gasteiger partial charge in [-0.1, -0.05) is 20.3 Å². The number of aromatic nitrogens is 2. The number of ether oxygens (including phenoxy) is 1. The number of nitrogens with one attached hydrogen (secondary N) is 2. The maximum Gasteiger partial charge on any atom is 0.134 e. The van der Waals surface area contributed by atoms with Crippen LogP contribution in [0.25, 0.3) is 0 Å². The standard InChI is InChI=1S/C16H28N4O/c1-3-6-14-15(17-9-4-2)19-12-20-16(14)18-10-8-13-7-5-11-21-13/h12-13H,3-11H2,1-2H3,(H2,17,18,19,20). The van der Waals surface area contributed by atoms with Crippen molar-refractivity contribution in [1.29, 1.82) is 0 Å². The zero-order chi connectivity index (χ0) is 14.9. The number of nitrogens with zero attached hydrogens (tertiary/aromatic N) is 2. The predicted molar refractivity (Wildman–Crippen MR) is 86.9 cm³/mol. The molecular weight excluding hydrogens is 264 g/mol. The Hall–Kier alpha value is -1.36. The largest absolute Gasteiger partial charge is 0.378 e. The Labute approximate surface area is 127 Å². The van der Waals surface area contributed by atoms with Gasteiger partial charge in [-0.2, -0.15) is 0 Å². The first-order chi connectivity index (χ1) is 10.3. The lowest BCUT2D eigenvalue weighted by molar-refractivity contribution is 0.107. The molecule has 0 saturated carbocycles. The molecule has 1 saturated heterocycles. The highest BCUT2D eigenvalue weighted by Gasteiger charge is 2.15. The van der Waals surface area contributed by atoms with Crippen LogP contribution in [0.2, 0.25) is 0 Å². The Morgan fingerprint density at radius 1 is 1.14 bits per heavy atom. The number of hydrogen-bond acceptors (Lipinski definition) is 5. The fourth-order valence-electron chi connectivity index (χ4n) is 2.67. The molecule has 0 aromatic carbocycles. The first-order valence-electron chi connectivity index (χ1n) is 8.28. The van der Waals surface area contributed by atoms with Crippen LogP contribution in [-0.2, 0) is 11.2 Å². The smallest absolute Gasteiger partial charge is 0.134 e. The van der Waals surface area contributed by atoms with Crippen molar-refractivity contribution < 1.29 is 4.74 Å². The Bertz CT molecular complexity index is 419. The molecule has 2 rings (SSSR count). The second kappa shape index (κ2) is 8.82. The van der Waals surface area contributed by atoms with E-state index in [-0.39, 0.29) is 0 Å². The van der Waals surface area contributed by atoms with E-state index < -0.39 is 0 Å². The van der Waals surface area contributed by atoms with E-state index in [1.165, 1.54) is 18.4 Å². The van der Waals surface area contributed by atoms with Crippen molar-refractivity contribution in [3.63, 3.8) is 0 Å². The molecule has 0 radical (unpaired) electrons. The van der Waals surface area contributed by atoms with Crippen LogP contribution in [0.5, 0.6) is 0 Å². The number of anilines is 2. The molecule has 2 N–H and O–H groups in total. The zero-order valence-electron chi connectivity index (χ0n) is 13.3. The summed E-state index contributed by atoms with van der Waals surface area (Å²) >= 11 is 0. The van der Waals surface area contributed by atoms with Gasteiger partial charge in [0.1, 0.15) is 18.0 Å². The first-order valence-corrected chi connectivity index (χ1v) is 8.28. The predicted octanol–water partition coefficient (Wildman–Crippen LogP) is 3.23. The lowest BCUT2D eigenvalue weighted by Gasteiger charge is -2.16. The Balaban J connectivity index is 1.95. The van der Waals surface area contributed by atoms with Crippen LogP contribution < -0.4 is 10.6 Å². The molecule has 5 nitrogen and oxygen atoms in total. The molecule has 0 spiro atoms. The van der Waals surface area contributed by atoms with Gasteiger partial charge in [-0.25, -0.2) is 9.97 Å². The normalized spacial score (nSPS) is 17.9. The van der Waals surface area contributed by atoms with E-state index in [9.17, 15) is 0 Å². The topological polar surface area (TPSA) is 59.1 Å². The minimum absolute atomic E-state index is 0.423. The minimum atomic E-state index is 0.423. The molecule has 1 unspecified atom stereocenters. The molecule has 1 aliphatic heterocycles. The summed E-state index contributed by atoms with van der Waals surface area (Å²) in [5.74, 6) is 1.96. The lowest BCUT2D eigenvalue weighted by Crippen LogP contribution is -2.15. The van der Waals surface area contributed by atoms with Gasteiger partial charge in [-0.05, 0) is 32.1 Å². The first kappa shape index (κ1) is 16.0. The van der Waals surface area contributed by atoms with Crippen molar-refractivity contribution in [3.8, 4) is 0 Å². The summed E-state index contributed by atoms with van der Waals surface area (Å²) in [7, 11) is 0. The van der Waals surface area contributed by atoms with E-state index in [0.29, 0.717) is 6.10 Å². The van der Waals surface area contributed by atoms with Crippen LogP contribution in [0.3, 0.4) is 0 Å². The number of hydrogen-bond donors (Lipinski definition) is 2. The van der Waals surface area contributed by atoms with Crippen molar-refractivity contribution in [2.75, 3.05) is 30.3 Å². The van der Waals surface area contributed by atoms with E-state index in [1.54, 1.807) is 6.33 Å². The average Bonchev–Trinajstić information content (AvgIpc) is 3.01. The maximum absolute atomic E-state index is 5.66.